The summed E-state index contributed by atoms with van der Waals surface area (Å²) in [6, 6.07) is 6.30. The minimum Gasteiger partial charge on any atom is -0.347 e. The number of hydrogen-bond donors (Lipinski definition) is 0. The average Bonchev–Trinajstić information content (AvgIpc) is 2.80. The smallest absolute Gasteiger partial charge is 0.269 e. The summed E-state index contributed by atoms with van der Waals surface area (Å²) in [5.41, 5.74) is 0.968. The largest absolute Gasteiger partial charge is 0.347 e. The van der Waals surface area contributed by atoms with Crippen LogP contribution < -0.4 is 0 Å². The van der Waals surface area contributed by atoms with Gasteiger partial charge in [-0.2, -0.15) is 0 Å². The van der Waals surface area contributed by atoms with Gasteiger partial charge in [-0.1, -0.05) is 6.08 Å². The molecule has 1 fully saturated rings. The molecule has 1 aliphatic heterocycles. The lowest BCUT2D eigenvalue weighted by Gasteiger charge is -2.01. The second-order valence-electron chi connectivity index (χ2n) is 3.32. The third-order valence-corrected chi connectivity index (χ3v) is 2.20. The molecule has 0 amide bonds. The number of nitro benzene ring substituents is 1. The molecule has 0 aliphatic carbocycles. The molecule has 1 aromatic rings. The first-order valence-electron chi connectivity index (χ1n) is 4.91. The van der Waals surface area contributed by atoms with Gasteiger partial charge in [0.1, 0.15) is 0 Å². The van der Waals surface area contributed by atoms with Crippen molar-refractivity contribution in [3.8, 4) is 0 Å². The molecule has 2 rings (SSSR count). The van der Waals surface area contributed by atoms with Crippen LogP contribution in [0.1, 0.15) is 5.56 Å². The minimum atomic E-state index is -0.420. The lowest BCUT2D eigenvalue weighted by Crippen LogP contribution is -2.01. The Morgan fingerprint density at radius 1 is 1.25 bits per heavy atom. The molecule has 0 spiro atoms. The van der Waals surface area contributed by atoms with Gasteiger partial charge in [-0.3, -0.25) is 10.1 Å². The number of non-ortho nitro benzene ring substituents is 1. The first-order valence-corrected chi connectivity index (χ1v) is 4.91. The van der Waals surface area contributed by atoms with Crippen molar-refractivity contribution >= 4 is 11.8 Å². The number of nitro groups is 1. The first kappa shape index (κ1) is 10.8. The maximum absolute atomic E-state index is 10.4. The van der Waals surface area contributed by atoms with Crippen LogP contribution in [0.3, 0.4) is 0 Å². The van der Waals surface area contributed by atoms with Gasteiger partial charge < -0.3 is 9.47 Å². The molecule has 1 saturated heterocycles. The van der Waals surface area contributed by atoms with E-state index in [1.54, 1.807) is 18.2 Å². The molecular formula is C11H11NO4. The topological polar surface area (TPSA) is 61.6 Å². The van der Waals surface area contributed by atoms with Crippen LogP contribution >= 0.6 is 0 Å². The SMILES string of the molecule is O=[N+]([O-])c1ccc(/C=C/C2OCCO2)cc1. The highest BCUT2D eigenvalue weighted by Crippen LogP contribution is 2.14. The molecular weight excluding hydrogens is 210 g/mol. The van der Waals surface area contributed by atoms with Crippen LogP contribution in [0.4, 0.5) is 5.69 Å². The fourth-order valence-corrected chi connectivity index (χ4v) is 1.38. The normalized spacial score (nSPS) is 17.0. The van der Waals surface area contributed by atoms with Gasteiger partial charge in [0.05, 0.1) is 18.1 Å². The highest BCUT2D eigenvalue weighted by molar-refractivity contribution is 5.52. The molecule has 0 atom stereocenters. The van der Waals surface area contributed by atoms with Crippen LogP contribution in [0.2, 0.25) is 0 Å². The Morgan fingerprint density at radius 3 is 2.44 bits per heavy atom. The summed E-state index contributed by atoms with van der Waals surface area (Å²) in [4.78, 5) is 10.0. The molecule has 0 unspecified atom stereocenters. The van der Waals surface area contributed by atoms with E-state index in [2.05, 4.69) is 0 Å². The zero-order chi connectivity index (χ0) is 11.4. The van der Waals surface area contributed by atoms with E-state index in [9.17, 15) is 10.1 Å². The quantitative estimate of drug-likeness (QED) is 0.578. The van der Waals surface area contributed by atoms with Crippen LogP contribution in [0.5, 0.6) is 0 Å². The van der Waals surface area contributed by atoms with Crippen molar-refractivity contribution < 1.29 is 14.4 Å². The summed E-state index contributed by atoms with van der Waals surface area (Å²) in [5, 5.41) is 10.4. The van der Waals surface area contributed by atoms with Crippen molar-refractivity contribution in [2.75, 3.05) is 13.2 Å². The van der Waals surface area contributed by atoms with Gasteiger partial charge in [-0.25, -0.2) is 0 Å². The van der Waals surface area contributed by atoms with Gasteiger partial charge in [0, 0.05) is 12.1 Å². The Bertz CT molecular complexity index is 393. The van der Waals surface area contributed by atoms with Gasteiger partial charge in [0.25, 0.3) is 5.69 Å². The van der Waals surface area contributed by atoms with E-state index in [0.29, 0.717) is 13.2 Å². The third-order valence-electron chi connectivity index (χ3n) is 2.20. The molecule has 16 heavy (non-hydrogen) atoms. The van der Waals surface area contributed by atoms with Gasteiger partial charge in [0.15, 0.2) is 6.29 Å². The van der Waals surface area contributed by atoms with E-state index in [0.717, 1.165) is 5.56 Å². The van der Waals surface area contributed by atoms with Crippen molar-refractivity contribution in [1.82, 2.24) is 0 Å². The van der Waals surface area contributed by atoms with Crippen LogP contribution in [0.15, 0.2) is 30.3 Å². The molecule has 0 N–H and O–H groups in total. The predicted octanol–water partition coefficient (Wildman–Crippen LogP) is 1.98. The molecule has 0 aromatic heterocycles. The number of ether oxygens (including phenoxy) is 2. The molecule has 1 aromatic carbocycles. The van der Waals surface area contributed by atoms with E-state index < -0.39 is 4.92 Å². The van der Waals surface area contributed by atoms with Crippen LogP contribution in [-0.4, -0.2) is 24.4 Å². The zero-order valence-electron chi connectivity index (χ0n) is 8.54. The van der Waals surface area contributed by atoms with E-state index in [1.165, 1.54) is 12.1 Å². The highest BCUT2D eigenvalue weighted by atomic mass is 16.7. The fraction of sp³-hybridized carbons (Fsp3) is 0.273. The third kappa shape index (κ3) is 2.65. The Morgan fingerprint density at radius 2 is 1.88 bits per heavy atom. The number of benzene rings is 1. The van der Waals surface area contributed by atoms with Crippen molar-refractivity contribution in [2.24, 2.45) is 0 Å². The number of hydrogen-bond acceptors (Lipinski definition) is 4. The maximum Gasteiger partial charge on any atom is 0.269 e. The average molecular weight is 221 g/mol. The molecule has 5 nitrogen and oxygen atoms in total. The van der Waals surface area contributed by atoms with Crippen molar-refractivity contribution in [1.29, 1.82) is 0 Å². The van der Waals surface area contributed by atoms with E-state index >= 15 is 0 Å². The molecule has 0 saturated carbocycles. The lowest BCUT2D eigenvalue weighted by molar-refractivity contribution is -0.384. The Hall–Kier alpha value is -1.72. The molecule has 84 valence electrons. The Balaban J connectivity index is 2.01. The van der Waals surface area contributed by atoms with E-state index in [-0.39, 0.29) is 12.0 Å². The van der Waals surface area contributed by atoms with Crippen molar-refractivity contribution in [2.45, 2.75) is 6.29 Å². The predicted molar refractivity (Wildman–Crippen MR) is 57.8 cm³/mol. The summed E-state index contributed by atoms with van der Waals surface area (Å²) < 4.78 is 10.4. The second-order valence-corrected chi connectivity index (χ2v) is 3.32. The van der Waals surface area contributed by atoms with Gasteiger partial charge in [-0.05, 0) is 23.8 Å². The van der Waals surface area contributed by atoms with Crippen LogP contribution in [-0.2, 0) is 9.47 Å². The maximum atomic E-state index is 10.4. The van der Waals surface area contributed by atoms with Gasteiger partial charge in [0.2, 0.25) is 0 Å². The Kier molecular flexibility index (Phi) is 3.28. The first-order chi connectivity index (χ1) is 7.75. The summed E-state index contributed by atoms with van der Waals surface area (Å²) in [5.74, 6) is 0. The van der Waals surface area contributed by atoms with Crippen LogP contribution in [0.25, 0.3) is 6.08 Å². The summed E-state index contributed by atoms with van der Waals surface area (Å²) in [6.45, 7) is 1.21. The van der Waals surface area contributed by atoms with Gasteiger partial charge in [-0.15, -0.1) is 0 Å². The zero-order valence-corrected chi connectivity index (χ0v) is 8.54. The minimum absolute atomic E-state index is 0.0884. The van der Waals surface area contributed by atoms with E-state index in [1.807, 2.05) is 6.08 Å². The highest BCUT2D eigenvalue weighted by Gasteiger charge is 2.11. The summed E-state index contributed by atoms with van der Waals surface area (Å²) in [6.07, 6.45) is 3.31. The summed E-state index contributed by atoms with van der Waals surface area (Å²) >= 11 is 0. The Labute approximate surface area is 92.4 Å². The van der Waals surface area contributed by atoms with Gasteiger partial charge >= 0.3 is 0 Å². The summed E-state index contributed by atoms with van der Waals surface area (Å²) in [7, 11) is 0. The van der Waals surface area contributed by atoms with Crippen LogP contribution in [0, 0.1) is 10.1 Å². The number of nitrogens with zero attached hydrogens (tertiary/aromatic N) is 1. The molecule has 1 heterocycles. The number of rotatable bonds is 3. The lowest BCUT2D eigenvalue weighted by atomic mass is 10.2. The molecule has 0 radical (unpaired) electrons. The monoisotopic (exact) mass is 221 g/mol. The molecule has 0 bridgehead atoms. The fourth-order valence-electron chi connectivity index (χ4n) is 1.38. The van der Waals surface area contributed by atoms with Crippen molar-refractivity contribution in [3.05, 3.63) is 46.0 Å². The van der Waals surface area contributed by atoms with E-state index in [4.69, 9.17) is 9.47 Å². The molecule has 5 heteroatoms. The standard InChI is InChI=1S/C11H11NO4/c13-12(14)10-4-1-9(2-5-10)3-6-11-15-7-8-16-11/h1-6,11H,7-8H2/b6-3+. The molecule has 1 aliphatic rings. The van der Waals surface area contributed by atoms with Crippen molar-refractivity contribution in [3.63, 3.8) is 0 Å². The second kappa shape index (κ2) is 4.87.